The average Bonchev–Trinajstić information content (AvgIpc) is 2.13. The van der Waals surface area contributed by atoms with Gasteiger partial charge in [0.15, 0.2) is 0 Å². The molecule has 0 aromatic heterocycles. The van der Waals surface area contributed by atoms with E-state index in [4.69, 9.17) is 0 Å². The first kappa shape index (κ1) is 12.4. The summed E-state index contributed by atoms with van der Waals surface area (Å²) < 4.78 is 0. The molecule has 84 valence electrons. The zero-order valence-electron chi connectivity index (χ0n) is 9.87. The van der Waals surface area contributed by atoms with Crippen LogP contribution in [0, 0.1) is 11.8 Å². The molecule has 0 aliphatic carbocycles. The van der Waals surface area contributed by atoms with Crippen molar-refractivity contribution >= 4 is 12.6 Å². The summed E-state index contributed by atoms with van der Waals surface area (Å²) in [5.74, 6) is 2.79. The van der Waals surface area contributed by atoms with Crippen LogP contribution in [-0.4, -0.2) is 29.8 Å². The Morgan fingerprint density at radius 2 is 1.93 bits per heavy atom. The topological polar surface area (TPSA) is 3.24 Å². The molecule has 3 atom stereocenters. The number of hydrogen-bond donors (Lipinski definition) is 1. The van der Waals surface area contributed by atoms with Gasteiger partial charge in [-0.2, -0.15) is 12.6 Å². The van der Waals surface area contributed by atoms with Gasteiger partial charge >= 0.3 is 0 Å². The van der Waals surface area contributed by atoms with Gasteiger partial charge in [0.1, 0.15) is 0 Å². The van der Waals surface area contributed by atoms with E-state index in [2.05, 4.69) is 38.3 Å². The third-order valence-corrected chi connectivity index (χ3v) is 3.89. The van der Waals surface area contributed by atoms with Crippen LogP contribution in [0.2, 0.25) is 0 Å². The highest BCUT2D eigenvalue weighted by Gasteiger charge is 2.27. The Bertz CT molecular complexity index is 160. The maximum Gasteiger partial charge on any atom is 0.00927 e. The molecule has 0 N–H and O–H groups in total. The van der Waals surface area contributed by atoms with Crippen molar-refractivity contribution in [2.45, 2.75) is 46.1 Å². The van der Waals surface area contributed by atoms with E-state index in [0.29, 0.717) is 0 Å². The molecule has 1 aliphatic rings. The lowest BCUT2D eigenvalue weighted by molar-refractivity contribution is 0.0787. The second-order valence-electron chi connectivity index (χ2n) is 4.98. The Balaban J connectivity index is 2.33. The summed E-state index contributed by atoms with van der Waals surface area (Å²) in [6, 6.07) is 0.783. The highest BCUT2D eigenvalue weighted by atomic mass is 32.1. The van der Waals surface area contributed by atoms with Gasteiger partial charge in [0, 0.05) is 12.6 Å². The molecular weight excluding hydrogens is 190 g/mol. The van der Waals surface area contributed by atoms with Crippen molar-refractivity contribution in [1.82, 2.24) is 4.90 Å². The fraction of sp³-hybridized carbons (Fsp3) is 1.00. The molecule has 0 radical (unpaired) electrons. The second kappa shape index (κ2) is 6.02. The Morgan fingerprint density at radius 3 is 2.57 bits per heavy atom. The van der Waals surface area contributed by atoms with Gasteiger partial charge < -0.3 is 4.90 Å². The molecule has 0 aromatic rings. The van der Waals surface area contributed by atoms with E-state index in [1.165, 1.54) is 32.4 Å². The second-order valence-corrected chi connectivity index (χ2v) is 5.43. The predicted octanol–water partition coefficient (Wildman–Crippen LogP) is 3.06. The summed E-state index contributed by atoms with van der Waals surface area (Å²) in [6.07, 6.45) is 3.98. The monoisotopic (exact) mass is 215 g/mol. The molecule has 1 fully saturated rings. The molecule has 1 heterocycles. The normalized spacial score (nSPS) is 34.7. The lowest BCUT2D eigenvalue weighted by Crippen LogP contribution is -2.46. The zero-order valence-corrected chi connectivity index (χ0v) is 10.8. The largest absolute Gasteiger partial charge is 0.300 e. The van der Waals surface area contributed by atoms with Crippen LogP contribution in [0.4, 0.5) is 0 Å². The lowest BCUT2D eigenvalue weighted by atomic mass is 9.86. The maximum absolute atomic E-state index is 4.26. The Kier molecular flexibility index (Phi) is 5.32. The minimum Gasteiger partial charge on any atom is -0.300 e. The highest BCUT2D eigenvalue weighted by Crippen LogP contribution is 2.26. The summed E-state index contributed by atoms with van der Waals surface area (Å²) in [4.78, 5) is 2.67. The standard InChI is InChI=1S/C12H25NS/c1-10-8-11(2)12(3)13(9-10)6-4-5-7-14/h10-12,14H,4-9H2,1-3H3. The minimum atomic E-state index is 0.783. The van der Waals surface area contributed by atoms with E-state index >= 15 is 0 Å². The first-order valence-corrected chi connectivity index (χ1v) is 6.63. The zero-order chi connectivity index (χ0) is 10.6. The van der Waals surface area contributed by atoms with Crippen LogP contribution in [0.5, 0.6) is 0 Å². The van der Waals surface area contributed by atoms with E-state index in [0.717, 1.165) is 23.6 Å². The van der Waals surface area contributed by atoms with Gasteiger partial charge in [-0.05, 0) is 50.3 Å². The van der Waals surface area contributed by atoms with Crippen LogP contribution in [-0.2, 0) is 0 Å². The number of rotatable bonds is 4. The molecule has 2 heteroatoms. The first-order chi connectivity index (χ1) is 6.65. The van der Waals surface area contributed by atoms with Crippen molar-refractivity contribution < 1.29 is 0 Å². The van der Waals surface area contributed by atoms with Gasteiger partial charge in [0.2, 0.25) is 0 Å². The smallest absolute Gasteiger partial charge is 0.00927 e. The van der Waals surface area contributed by atoms with Gasteiger partial charge in [-0.15, -0.1) is 0 Å². The summed E-state index contributed by atoms with van der Waals surface area (Å²) in [5.41, 5.74) is 0. The third-order valence-electron chi connectivity index (χ3n) is 3.57. The Morgan fingerprint density at radius 1 is 1.21 bits per heavy atom. The molecule has 1 nitrogen and oxygen atoms in total. The van der Waals surface area contributed by atoms with E-state index in [1.54, 1.807) is 0 Å². The molecule has 0 aromatic carbocycles. The molecular formula is C12H25NS. The van der Waals surface area contributed by atoms with Gasteiger partial charge in [-0.1, -0.05) is 13.8 Å². The van der Waals surface area contributed by atoms with Crippen molar-refractivity contribution in [3.8, 4) is 0 Å². The molecule has 0 bridgehead atoms. The molecule has 0 amide bonds. The van der Waals surface area contributed by atoms with Crippen molar-refractivity contribution in [2.75, 3.05) is 18.8 Å². The van der Waals surface area contributed by atoms with Gasteiger partial charge in [0.05, 0.1) is 0 Å². The molecule has 0 saturated carbocycles. The SMILES string of the molecule is CC1CC(C)C(C)N(CCCCS)C1. The fourth-order valence-electron chi connectivity index (χ4n) is 2.55. The Hall–Kier alpha value is 0.310. The first-order valence-electron chi connectivity index (χ1n) is 6.00. The number of likely N-dealkylation sites (tertiary alicyclic amines) is 1. The molecule has 1 saturated heterocycles. The summed E-state index contributed by atoms with van der Waals surface area (Å²) in [7, 11) is 0. The van der Waals surface area contributed by atoms with Crippen LogP contribution in [0.25, 0.3) is 0 Å². The van der Waals surface area contributed by atoms with Crippen LogP contribution in [0.15, 0.2) is 0 Å². The quantitative estimate of drug-likeness (QED) is 0.557. The Labute approximate surface area is 94.7 Å². The van der Waals surface area contributed by atoms with Crippen molar-refractivity contribution in [3.63, 3.8) is 0 Å². The van der Waals surface area contributed by atoms with Crippen LogP contribution in [0.3, 0.4) is 0 Å². The minimum absolute atomic E-state index is 0.783. The number of unbranched alkanes of at least 4 members (excludes halogenated alkanes) is 1. The van der Waals surface area contributed by atoms with Crippen LogP contribution >= 0.6 is 12.6 Å². The van der Waals surface area contributed by atoms with Crippen LogP contribution < -0.4 is 0 Å². The average molecular weight is 215 g/mol. The van der Waals surface area contributed by atoms with Crippen molar-refractivity contribution in [1.29, 1.82) is 0 Å². The molecule has 3 unspecified atom stereocenters. The lowest BCUT2D eigenvalue weighted by Gasteiger charge is -2.41. The molecule has 0 spiro atoms. The third kappa shape index (κ3) is 3.47. The van der Waals surface area contributed by atoms with Crippen molar-refractivity contribution in [2.24, 2.45) is 11.8 Å². The van der Waals surface area contributed by atoms with Gasteiger partial charge in [0.25, 0.3) is 0 Å². The van der Waals surface area contributed by atoms with E-state index in [9.17, 15) is 0 Å². The number of nitrogens with zero attached hydrogens (tertiary/aromatic N) is 1. The maximum atomic E-state index is 4.26. The van der Waals surface area contributed by atoms with Gasteiger partial charge in [-0.3, -0.25) is 0 Å². The molecule has 14 heavy (non-hydrogen) atoms. The van der Waals surface area contributed by atoms with E-state index < -0.39 is 0 Å². The molecule has 1 aliphatic heterocycles. The number of thiol groups is 1. The summed E-state index contributed by atoms with van der Waals surface area (Å²) in [5, 5.41) is 0. The number of piperidine rings is 1. The summed E-state index contributed by atoms with van der Waals surface area (Å²) >= 11 is 4.26. The fourth-order valence-corrected chi connectivity index (χ4v) is 2.78. The van der Waals surface area contributed by atoms with Crippen LogP contribution in [0.1, 0.15) is 40.0 Å². The van der Waals surface area contributed by atoms with E-state index in [1.807, 2.05) is 0 Å². The van der Waals surface area contributed by atoms with Gasteiger partial charge in [-0.25, -0.2) is 0 Å². The highest BCUT2D eigenvalue weighted by molar-refractivity contribution is 7.80. The predicted molar refractivity (Wildman–Crippen MR) is 67.1 cm³/mol. The van der Waals surface area contributed by atoms with Crippen molar-refractivity contribution in [3.05, 3.63) is 0 Å². The number of hydrogen-bond acceptors (Lipinski definition) is 2. The molecule has 1 rings (SSSR count). The van der Waals surface area contributed by atoms with E-state index in [-0.39, 0.29) is 0 Å². The summed E-state index contributed by atoms with van der Waals surface area (Å²) in [6.45, 7) is 9.74.